The molecule has 2 rings (SSSR count). The highest BCUT2D eigenvalue weighted by Gasteiger charge is 2.33. The molecule has 1 amide bonds. The van der Waals surface area contributed by atoms with Gasteiger partial charge in [-0.05, 0) is 23.8 Å². The maximum Gasteiger partial charge on any atom is 0.406 e. The van der Waals surface area contributed by atoms with Crippen LogP contribution in [0.25, 0.3) is 0 Å². The number of ether oxygens (including phenoxy) is 1. The fourth-order valence-electron chi connectivity index (χ4n) is 2.07. The highest BCUT2D eigenvalue weighted by molar-refractivity contribution is 6.18. The lowest BCUT2D eigenvalue weighted by Gasteiger charge is -2.23. The summed E-state index contributed by atoms with van der Waals surface area (Å²) in [6, 6.07) is 4.67. The van der Waals surface area contributed by atoms with Crippen molar-refractivity contribution in [3.63, 3.8) is 0 Å². The standard InChI is InChI=1S/C13H13ClF3NO2/c14-4-5-18(8-13(15,16)17)12(19)10-1-2-11-9(7-10)3-6-20-11/h1-2,7H,3-6,8H2. The maximum atomic E-state index is 12.5. The number of fused-ring (bicyclic) bond motifs is 1. The van der Waals surface area contributed by atoms with Gasteiger partial charge in [-0.25, -0.2) is 0 Å². The van der Waals surface area contributed by atoms with E-state index in [9.17, 15) is 18.0 Å². The van der Waals surface area contributed by atoms with Crippen molar-refractivity contribution in [1.29, 1.82) is 0 Å². The molecular weight excluding hydrogens is 295 g/mol. The van der Waals surface area contributed by atoms with Crippen LogP contribution in [0.5, 0.6) is 5.75 Å². The first-order valence-corrected chi connectivity index (χ1v) is 6.62. The normalized spacial score (nSPS) is 13.8. The molecule has 0 bridgehead atoms. The van der Waals surface area contributed by atoms with Crippen molar-refractivity contribution < 1.29 is 22.7 Å². The first-order chi connectivity index (χ1) is 9.40. The van der Waals surface area contributed by atoms with Crippen molar-refractivity contribution >= 4 is 17.5 Å². The van der Waals surface area contributed by atoms with E-state index in [1.165, 1.54) is 6.07 Å². The molecule has 1 heterocycles. The number of carbonyl (C=O) groups is 1. The Bertz CT molecular complexity index is 505. The highest BCUT2D eigenvalue weighted by Crippen LogP contribution is 2.27. The fraction of sp³-hybridized carbons (Fsp3) is 0.462. The monoisotopic (exact) mass is 307 g/mol. The van der Waals surface area contributed by atoms with Gasteiger partial charge in [-0.2, -0.15) is 13.2 Å². The summed E-state index contributed by atoms with van der Waals surface area (Å²) in [4.78, 5) is 12.9. The molecular formula is C13H13ClF3NO2. The Kier molecular flexibility index (Phi) is 4.42. The predicted octanol–water partition coefficient (Wildman–Crippen LogP) is 2.86. The van der Waals surface area contributed by atoms with E-state index in [1.54, 1.807) is 12.1 Å². The molecule has 1 aromatic carbocycles. The molecule has 110 valence electrons. The summed E-state index contributed by atoms with van der Waals surface area (Å²) in [7, 11) is 0. The minimum Gasteiger partial charge on any atom is -0.493 e. The number of amides is 1. The molecule has 0 spiro atoms. The molecule has 0 aromatic heterocycles. The third kappa shape index (κ3) is 3.56. The Labute approximate surface area is 119 Å². The van der Waals surface area contributed by atoms with E-state index in [1.807, 2.05) is 0 Å². The van der Waals surface area contributed by atoms with Crippen LogP contribution >= 0.6 is 11.6 Å². The molecule has 0 aliphatic carbocycles. The van der Waals surface area contributed by atoms with E-state index in [2.05, 4.69) is 0 Å². The quantitative estimate of drug-likeness (QED) is 0.801. The van der Waals surface area contributed by atoms with Gasteiger partial charge in [0.05, 0.1) is 6.61 Å². The Balaban J connectivity index is 2.18. The van der Waals surface area contributed by atoms with E-state index in [-0.39, 0.29) is 18.0 Å². The van der Waals surface area contributed by atoms with Crippen LogP contribution in [-0.4, -0.2) is 42.6 Å². The Morgan fingerprint density at radius 2 is 2.15 bits per heavy atom. The Hall–Kier alpha value is -1.43. The minimum absolute atomic E-state index is 0.0458. The zero-order valence-electron chi connectivity index (χ0n) is 10.5. The molecule has 0 saturated heterocycles. The molecule has 1 aliphatic heterocycles. The average molecular weight is 308 g/mol. The Morgan fingerprint density at radius 3 is 2.80 bits per heavy atom. The van der Waals surface area contributed by atoms with Crippen molar-refractivity contribution in [1.82, 2.24) is 4.90 Å². The summed E-state index contributed by atoms with van der Waals surface area (Å²) in [5.74, 6) is -0.0329. The summed E-state index contributed by atoms with van der Waals surface area (Å²) in [5.41, 5.74) is 1.07. The smallest absolute Gasteiger partial charge is 0.406 e. The van der Waals surface area contributed by atoms with Gasteiger partial charge < -0.3 is 9.64 Å². The number of rotatable bonds is 4. The number of hydrogen-bond donors (Lipinski definition) is 0. The van der Waals surface area contributed by atoms with Gasteiger partial charge in [0.2, 0.25) is 0 Å². The molecule has 0 radical (unpaired) electrons. The van der Waals surface area contributed by atoms with Gasteiger partial charge in [0.25, 0.3) is 5.91 Å². The van der Waals surface area contributed by atoms with Crippen molar-refractivity contribution in [2.24, 2.45) is 0 Å². The third-order valence-corrected chi connectivity index (χ3v) is 3.12. The lowest BCUT2D eigenvalue weighted by molar-refractivity contribution is -0.140. The summed E-state index contributed by atoms with van der Waals surface area (Å²) in [6.07, 6.45) is -3.78. The molecule has 0 unspecified atom stereocenters. The largest absolute Gasteiger partial charge is 0.493 e. The number of benzene rings is 1. The molecule has 0 N–H and O–H groups in total. The molecule has 0 fully saturated rings. The number of hydrogen-bond acceptors (Lipinski definition) is 2. The van der Waals surface area contributed by atoms with Gasteiger partial charge in [0, 0.05) is 24.4 Å². The molecule has 0 atom stereocenters. The predicted molar refractivity (Wildman–Crippen MR) is 68.3 cm³/mol. The van der Waals surface area contributed by atoms with Crippen LogP contribution in [0, 0.1) is 0 Å². The van der Waals surface area contributed by atoms with Crippen LogP contribution in [0.2, 0.25) is 0 Å². The molecule has 3 nitrogen and oxygen atoms in total. The second kappa shape index (κ2) is 5.91. The lowest BCUT2D eigenvalue weighted by atomic mass is 10.1. The first kappa shape index (κ1) is 15.0. The van der Waals surface area contributed by atoms with Gasteiger partial charge in [-0.1, -0.05) is 0 Å². The van der Waals surface area contributed by atoms with Crippen LogP contribution < -0.4 is 4.74 Å². The number of nitrogens with zero attached hydrogens (tertiary/aromatic N) is 1. The van der Waals surface area contributed by atoms with Crippen LogP contribution in [0.4, 0.5) is 13.2 Å². The van der Waals surface area contributed by atoms with Crippen LogP contribution in [-0.2, 0) is 6.42 Å². The van der Waals surface area contributed by atoms with E-state index >= 15 is 0 Å². The molecule has 20 heavy (non-hydrogen) atoms. The highest BCUT2D eigenvalue weighted by atomic mass is 35.5. The zero-order chi connectivity index (χ0) is 14.8. The SMILES string of the molecule is O=C(c1ccc2c(c1)CCO2)N(CCCl)CC(F)(F)F. The van der Waals surface area contributed by atoms with Crippen LogP contribution in [0.3, 0.4) is 0 Å². The van der Waals surface area contributed by atoms with Gasteiger partial charge in [0.15, 0.2) is 0 Å². The topological polar surface area (TPSA) is 29.5 Å². The summed E-state index contributed by atoms with van der Waals surface area (Å²) in [5, 5.41) is 0. The number of carbonyl (C=O) groups excluding carboxylic acids is 1. The van der Waals surface area contributed by atoms with Crippen molar-refractivity contribution in [3.8, 4) is 5.75 Å². The van der Waals surface area contributed by atoms with Crippen molar-refractivity contribution in [2.75, 3.05) is 25.6 Å². The number of alkyl halides is 4. The average Bonchev–Trinajstić information content (AvgIpc) is 2.83. The lowest BCUT2D eigenvalue weighted by Crippen LogP contribution is -2.40. The third-order valence-electron chi connectivity index (χ3n) is 2.95. The van der Waals surface area contributed by atoms with E-state index in [0.717, 1.165) is 5.56 Å². The molecule has 1 aliphatic rings. The Morgan fingerprint density at radius 1 is 1.40 bits per heavy atom. The second-order valence-corrected chi connectivity index (χ2v) is 4.83. The summed E-state index contributed by atoms with van der Waals surface area (Å²) >= 11 is 5.47. The van der Waals surface area contributed by atoms with E-state index in [0.29, 0.717) is 23.7 Å². The van der Waals surface area contributed by atoms with Gasteiger partial charge in [0.1, 0.15) is 12.3 Å². The van der Waals surface area contributed by atoms with E-state index < -0.39 is 18.6 Å². The fourth-order valence-corrected chi connectivity index (χ4v) is 2.28. The molecule has 7 heteroatoms. The zero-order valence-corrected chi connectivity index (χ0v) is 11.3. The van der Waals surface area contributed by atoms with Crippen LogP contribution in [0.1, 0.15) is 15.9 Å². The van der Waals surface area contributed by atoms with Gasteiger partial charge in [-0.15, -0.1) is 11.6 Å². The number of halogens is 4. The summed E-state index contributed by atoms with van der Waals surface area (Å²) in [6.45, 7) is -0.916. The maximum absolute atomic E-state index is 12.5. The van der Waals surface area contributed by atoms with Crippen molar-refractivity contribution in [2.45, 2.75) is 12.6 Å². The molecule has 1 aromatic rings. The van der Waals surface area contributed by atoms with Gasteiger partial charge in [-0.3, -0.25) is 4.79 Å². The summed E-state index contributed by atoms with van der Waals surface area (Å²) < 4.78 is 42.7. The first-order valence-electron chi connectivity index (χ1n) is 6.08. The minimum atomic E-state index is -4.44. The van der Waals surface area contributed by atoms with Gasteiger partial charge >= 0.3 is 6.18 Å². The van der Waals surface area contributed by atoms with Crippen molar-refractivity contribution in [3.05, 3.63) is 29.3 Å². The second-order valence-electron chi connectivity index (χ2n) is 4.45. The molecule has 0 saturated carbocycles. The van der Waals surface area contributed by atoms with E-state index in [4.69, 9.17) is 16.3 Å². The van der Waals surface area contributed by atoms with Crippen LogP contribution in [0.15, 0.2) is 18.2 Å².